The van der Waals surface area contributed by atoms with Crippen molar-refractivity contribution >= 4 is 12.1 Å². The molecule has 0 atom stereocenters. The molecule has 0 N–H and O–H groups in total. The van der Waals surface area contributed by atoms with Gasteiger partial charge in [-0.25, -0.2) is 9.59 Å². The highest BCUT2D eigenvalue weighted by molar-refractivity contribution is 5.83. The van der Waals surface area contributed by atoms with Crippen LogP contribution in [0.2, 0.25) is 0 Å². The predicted molar refractivity (Wildman–Crippen MR) is 90.1 cm³/mol. The molecule has 1 aliphatic rings. The molecule has 1 aliphatic heterocycles. The number of hydrogen-bond acceptors (Lipinski definition) is 4. The van der Waals surface area contributed by atoms with Gasteiger partial charge in [-0.3, -0.25) is 0 Å². The minimum absolute atomic E-state index is 0.311. The first-order valence-electron chi connectivity index (χ1n) is 8.16. The van der Waals surface area contributed by atoms with Gasteiger partial charge in [0, 0.05) is 30.0 Å². The molecule has 0 aromatic carbocycles. The minimum atomic E-state index is -0.521. The van der Waals surface area contributed by atoms with Gasteiger partial charge in [-0.15, -0.1) is 0 Å². The summed E-state index contributed by atoms with van der Waals surface area (Å²) in [6.45, 7) is 16.9. The maximum Gasteiger partial charge on any atom is 0.410 e. The molecule has 0 spiro atoms. The van der Waals surface area contributed by atoms with Gasteiger partial charge in [0.05, 0.1) is 6.61 Å². The Morgan fingerprint density at radius 2 is 1.61 bits per heavy atom. The van der Waals surface area contributed by atoms with E-state index in [-0.39, 0.29) is 22.9 Å². The molecule has 0 saturated carbocycles. The zero-order valence-corrected chi connectivity index (χ0v) is 15.8. The van der Waals surface area contributed by atoms with Gasteiger partial charge in [0.1, 0.15) is 5.60 Å². The smallest absolute Gasteiger partial charge is 0.410 e. The van der Waals surface area contributed by atoms with Crippen molar-refractivity contribution in [1.82, 2.24) is 4.90 Å². The molecule has 132 valence electrons. The topological polar surface area (TPSA) is 55.8 Å². The van der Waals surface area contributed by atoms with Crippen molar-refractivity contribution in [2.75, 3.05) is 19.7 Å². The Morgan fingerprint density at radius 1 is 1.13 bits per heavy atom. The van der Waals surface area contributed by atoms with Crippen LogP contribution >= 0.6 is 0 Å². The van der Waals surface area contributed by atoms with E-state index in [1.807, 2.05) is 48.5 Å². The summed E-state index contributed by atoms with van der Waals surface area (Å²) < 4.78 is 10.5. The van der Waals surface area contributed by atoms with Crippen molar-refractivity contribution in [1.29, 1.82) is 0 Å². The molecule has 0 radical (unpaired) electrons. The Hall–Kier alpha value is -1.52. The van der Waals surface area contributed by atoms with Crippen LogP contribution < -0.4 is 0 Å². The summed E-state index contributed by atoms with van der Waals surface area (Å²) in [6, 6.07) is 0. The number of carbonyl (C=O) groups excluding carboxylic acids is 2. The van der Waals surface area contributed by atoms with Crippen LogP contribution in [-0.4, -0.2) is 42.3 Å². The number of rotatable bonds is 2. The summed E-state index contributed by atoms with van der Waals surface area (Å²) in [5.41, 5.74) is -0.174. The number of esters is 1. The van der Waals surface area contributed by atoms with Gasteiger partial charge < -0.3 is 14.4 Å². The zero-order valence-electron chi connectivity index (χ0n) is 15.8. The molecule has 0 unspecified atom stereocenters. The lowest BCUT2D eigenvalue weighted by atomic mass is 9.66. The van der Waals surface area contributed by atoms with Gasteiger partial charge >= 0.3 is 12.1 Å². The summed E-state index contributed by atoms with van der Waals surface area (Å²) in [4.78, 5) is 26.0. The number of hydrogen-bond donors (Lipinski definition) is 0. The van der Waals surface area contributed by atoms with Crippen LogP contribution in [0.1, 0.15) is 55.4 Å². The van der Waals surface area contributed by atoms with Gasteiger partial charge in [0.15, 0.2) is 0 Å². The van der Waals surface area contributed by atoms with E-state index in [9.17, 15) is 9.59 Å². The molecule has 1 fully saturated rings. The predicted octanol–water partition coefficient (Wildman–Crippen LogP) is 3.78. The lowest BCUT2D eigenvalue weighted by Gasteiger charge is -2.49. The van der Waals surface area contributed by atoms with Crippen LogP contribution in [0, 0.1) is 10.8 Å². The van der Waals surface area contributed by atoms with Crippen LogP contribution in [-0.2, 0) is 14.3 Å². The molecule has 1 saturated heterocycles. The molecule has 0 aromatic rings. The van der Waals surface area contributed by atoms with E-state index in [2.05, 4.69) is 0 Å². The van der Waals surface area contributed by atoms with E-state index in [1.165, 1.54) is 0 Å². The highest BCUT2D eigenvalue weighted by atomic mass is 16.6. The normalized spacial score (nSPS) is 20.0. The van der Waals surface area contributed by atoms with Gasteiger partial charge in [-0.05, 0) is 33.3 Å². The summed E-state index contributed by atoms with van der Waals surface area (Å²) >= 11 is 0. The van der Waals surface area contributed by atoms with Gasteiger partial charge in [-0.2, -0.15) is 0 Å². The third kappa shape index (κ3) is 5.26. The van der Waals surface area contributed by atoms with Crippen molar-refractivity contribution in [3.63, 3.8) is 0 Å². The van der Waals surface area contributed by atoms with Crippen LogP contribution in [0.5, 0.6) is 0 Å². The Kier molecular flexibility index (Phi) is 5.55. The number of nitrogens with zero attached hydrogens (tertiary/aromatic N) is 1. The molecule has 5 heteroatoms. The fourth-order valence-electron chi connectivity index (χ4n) is 3.24. The van der Waals surface area contributed by atoms with Gasteiger partial charge in [-0.1, -0.05) is 27.7 Å². The quantitative estimate of drug-likeness (QED) is 0.573. The number of piperidine rings is 1. The molecule has 5 nitrogen and oxygen atoms in total. The third-order valence-electron chi connectivity index (χ3n) is 3.83. The van der Waals surface area contributed by atoms with E-state index in [0.29, 0.717) is 19.7 Å². The first kappa shape index (κ1) is 19.5. The Morgan fingerprint density at radius 3 is 2.00 bits per heavy atom. The second-order valence-electron chi connectivity index (χ2n) is 8.41. The Labute approximate surface area is 140 Å². The van der Waals surface area contributed by atoms with Crippen LogP contribution in [0.3, 0.4) is 0 Å². The van der Waals surface area contributed by atoms with Crippen molar-refractivity contribution in [2.24, 2.45) is 10.8 Å². The lowest BCUT2D eigenvalue weighted by molar-refractivity contribution is -0.137. The number of amides is 1. The summed E-state index contributed by atoms with van der Waals surface area (Å²) in [5.74, 6) is -0.325. The monoisotopic (exact) mass is 325 g/mol. The Bertz CT molecular complexity index is 478. The zero-order chi connectivity index (χ0) is 18.1. The highest BCUT2D eigenvalue weighted by Gasteiger charge is 2.45. The molecule has 1 rings (SSSR count). The average molecular weight is 325 g/mol. The fraction of sp³-hybridized carbons (Fsp3) is 0.778. The number of likely N-dealkylation sites (tertiary alicyclic amines) is 1. The second-order valence-corrected chi connectivity index (χ2v) is 8.41. The number of carbonyl (C=O) groups is 2. The molecule has 0 aromatic heterocycles. The molecule has 1 heterocycles. The molecule has 0 aliphatic carbocycles. The van der Waals surface area contributed by atoms with E-state index < -0.39 is 5.60 Å². The summed E-state index contributed by atoms with van der Waals surface area (Å²) in [7, 11) is 0. The van der Waals surface area contributed by atoms with Crippen LogP contribution in [0.4, 0.5) is 4.79 Å². The largest absolute Gasteiger partial charge is 0.463 e. The van der Waals surface area contributed by atoms with Crippen LogP contribution in [0.15, 0.2) is 11.6 Å². The first-order chi connectivity index (χ1) is 10.3. The standard InChI is InChI=1S/C18H31NO4/c1-9-22-14(20)10-13-17(5,6)11-19(12-18(13,7)8)15(21)23-16(2,3)4/h10H,9,11-12H2,1-8H3. The van der Waals surface area contributed by atoms with E-state index in [4.69, 9.17) is 9.47 Å². The van der Waals surface area contributed by atoms with Crippen LogP contribution in [0.25, 0.3) is 0 Å². The maximum absolute atomic E-state index is 12.4. The van der Waals surface area contributed by atoms with Gasteiger partial charge in [0.2, 0.25) is 0 Å². The molecular weight excluding hydrogens is 294 g/mol. The average Bonchev–Trinajstić information content (AvgIpc) is 2.31. The lowest BCUT2D eigenvalue weighted by Crippen LogP contribution is -2.53. The number of ether oxygens (including phenoxy) is 2. The molecule has 0 bridgehead atoms. The third-order valence-corrected chi connectivity index (χ3v) is 3.83. The van der Waals surface area contributed by atoms with E-state index in [0.717, 1.165) is 5.57 Å². The summed E-state index contributed by atoms with van der Waals surface area (Å²) in [6.07, 6.45) is 1.28. The molecule has 1 amide bonds. The van der Waals surface area contributed by atoms with E-state index in [1.54, 1.807) is 17.9 Å². The highest BCUT2D eigenvalue weighted by Crippen LogP contribution is 2.45. The Balaban J connectivity index is 3.04. The van der Waals surface area contributed by atoms with Crippen molar-refractivity contribution in [2.45, 2.75) is 61.0 Å². The molecular formula is C18H31NO4. The van der Waals surface area contributed by atoms with E-state index >= 15 is 0 Å². The van der Waals surface area contributed by atoms with Crippen molar-refractivity contribution < 1.29 is 19.1 Å². The van der Waals surface area contributed by atoms with Crippen molar-refractivity contribution in [3.8, 4) is 0 Å². The maximum atomic E-state index is 12.4. The fourth-order valence-corrected chi connectivity index (χ4v) is 3.24. The van der Waals surface area contributed by atoms with Gasteiger partial charge in [0.25, 0.3) is 0 Å². The minimum Gasteiger partial charge on any atom is -0.463 e. The molecule has 23 heavy (non-hydrogen) atoms. The first-order valence-corrected chi connectivity index (χ1v) is 8.16. The summed E-state index contributed by atoms with van der Waals surface area (Å²) in [5, 5.41) is 0. The SMILES string of the molecule is CCOC(=O)C=C1C(C)(C)CN(C(=O)OC(C)(C)C)CC1(C)C. The van der Waals surface area contributed by atoms with Crippen molar-refractivity contribution in [3.05, 3.63) is 11.6 Å². The second kappa shape index (κ2) is 6.54.